The summed E-state index contributed by atoms with van der Waals surface area (Å²) in [5.74, 6) is 1.19. The maximum Gasteiger partial charge on any atom is 0.239 e. The minimum atomic E-state index is -0.00333. The Kier molecular flexibility index (Phi) is 4.30. The van der Waals surface area contributed by atoms with E-state index in [1.807, 2.05) is 0 Å². The molecule has 1 aromatic heterocycles. The molecular weight excluding hydrogens is 192 g/mol. The van der Waals surface area contributed by atoms with Gasteiger partial charge < -0.3 is 15.6 Å². The Morgan fingerprint density at radius 3 is 3.00 bits per heavy atom. The van der Waals surface area contributed by atoms with Crippen LogP contribution in [0.1, 0.15) is 19.7 Å². The summed E-state index contributed by atoms with van der Waals surface area (Å²) in [5, 5.41) is 2.84. The Morgan fingerprint density at radius 1 is 1.67 bits per heavy atom. The van der Waals surface area contributed by atoms with Crippen molar-refractivity contribution in [1.29, 1.82) is 0 Å². The highest BCUT2D eigenvalue weighted by Gasteiger charge is 2.06. The first-order chi connectivity index (χ1) is 7.13. The van der Waals surface area contributed by atoms with Crippen LogP contribution in [-0.4, -0.2) is 22.0 Å². The minimum Gasteiger partial charge on any atom is -0.354 e. The molecule has 3 N–H and O–H groups in total. The van der Waals surface area contributed by atoms with Gasteiger partial charge >= 0.3 is 0 Å². The number of nitrogens with two attached hydrogens (primary N) is 1. The van der Waals surface area contributed by atoms with Crippen molar-refractivity contribution in [2.75, 3.05) is 6.54 Å². The zero-order chi connectivity index (χ0) is 11.3. The minimum absolute atomic E-state index is 0.00333. The lowest BCUT2D eigenvalue weighted by Crippen LogP contribution is -2.31. The number of amides is 1. The van der Waals surface area contributed by atoms with Crippen LogP contribution in [0.15, 0.2) is 12.4 Å². The number of carbonyl (C=O) groups excluding carboxylic acids is 1. The normalized spacial score (nSPS) is 10.7. The second-order valence-corrected chi connectivity index (χ2v) is 3.87. The van der Waals surface area contributed by atoms with E-state index in [1.165, 1.54) is 0 Å². The summed E-state index contributed by atoms with van der Waals surface area (Å²) in [7, 11) is 0. The first-order valence-electron chi connectivity index (χ1n) is 5.10. The van der Waals surface area contributed by atoms with Gasteiger partial charge in [-0.05, 0) is 5.92 Å². The van der Waals surface area contributed by atoms with E-state index in [1.54, 1.807) is 17.0 Å². The smallest absolute Gasteiger partial charge is 0.239 e. The van der Waals surface area contributed by atoms with Gasteiger partial charge in [-0.15, -0.1) is 0 Å². The topological polar surface area (TPSA) is 72.9 Å². The standard InChI is InChI=1S/C10H18N4O/c1-8(2)6-13-10(15)7-14-4-3-12-9(14)5-11/h3-4,8H,5-7,11H2,1-2H3,(H,13,15). The molecule has 0 bridgehead atoms. The molecule has 0 atom stereocenters. The van der Waals surface area contributed by atoms with E-state index in [4.69, 9.17) is 5.73 Å². The predicted octanol–water partition coefficient (Wildman–Crippen LogP) is 0.114. The average molecular weight is 210 g/mol. The zero-order valence-corrected chi connectivity index (χ0v) is 9.23. The summed E-state index contributed by atoms with van der Waals surface area (Å²) in [6.07, 6.45) is 3.41. The molecule has 15 heavy (non-hydrogen) atoms. The SMILES string of the molecule is CC(C)CNC(=O)Cn1ccnc1CN. The van der Waals surface area contributed by atoms with Crippen molar-refractivity contribution in [3.05, 3.63) is 18.2 Å². The number of hydrogen-bond donors (Lipinski definition) is 2. The number of hydrogen-bond acceptors (Lipinski definition) is 3. The van der Waals surface area contributed by atoms with Crippen LogP contribution >= 0.6 is 0 Å². The Hall–Kier alpha value is -1.36. The Bertz CT molecular complexity index is 319. The van der Waals surface area contributed by atoms with Crippen molar-refractivity contribution in [2.24, 2.45) is 11.7 Å². The Balaban J connectivity index is 2.44. The van der Waals surface area contributed by atoms with Gasteiger partial charge in [-0.2, -0.15) is 0 Å². The monoisotopic (exact) mass is 210 g/mol. The lowest BCUT2D eigenvalue weighted by molar-refractivity contribution is -0.121. The van der Waals surface area contributed by atoms with E-state index >= 15 is 0 Å². The number of nitrogens with one attached hydrogen (secondary N) is 1. The quantitative estimate of drug-likeness (QED) is 0.724. The number of aromatic nitrogens is 2. The van der Waals surface area contributed by atoms with Crippen LogP contribution in [0.25, 0.3) is 0 Å². The molecule has 1 heterocycles. The molecule has 1 rings (SSSR count). The fourth-order valence-electron chi connectivity index (χ4n) is 1.20. The second kappa shape index (κ2) is 5.50. The van der Waals surface area contributed by atoms with Crippen molar-refractivity contribution < 1.29 is 4.79 Å². The molecule has 0 aromatic carbocycles. The molecule has 0 aliphatic rings. The van der Waals surface area contributed by atoms with Crippen molar-refractivity contribution in [2.45, 2.75) is 26.9 Å². The van der Waals surface area contributed by atoms with Crippen molar-refractivity contribution in [3.63, 3.8) is 0 Å². The number of nitrogens with zero attached hydrogens (tertiary/aromatic N) is 2. The molecule has 0 fully saturated rings. The lowest BCUT2D eigenvalue weighted by atomic mass is 10.2. The van der Waals surface area contributed by atoms with Crippen LogP contribution in [0.2, 0.25) is 0 Å². The fraction of sp³-hybridized carbons (Fsp3) is 0.600. The van der Waals surface area contributed by atoms with Crippen LogP contribution in [0.5, 0.6) is 0 Å². The zero-order valence-electron chi connectivity index (χ0n) is 9.23. The van der Waals surface area contributed by atoms with Crippen molar-refractivity contribution in [3.8, 4) is 0 Å². The van der Waals surface area contributed by atoms with Gasteiger partial charge in [-0.1, -0.05) is 13.8 Å². The molecule has 0 aliphatic carbocycles. The van der Waals surface area contributed by atoms with E-state index in [0.717, 1.165) is 5.82 Å². The van der Waals surface area contributed by atoms with Gasteiger partial charge in [0.05, 0.1) is 6.54 Å². The average Bonchev–Trinajstić information content (AvgIpc) is 2.62. The fourth-order valence-corrected chi connectivity index (χ4v) is 1.20. The highest BCUT2D eigenvalue weighted by atomic mass is 16.1. The Morgan fingerprint density at radius 2 is 2.40 bits per heavy atom. The molecule has 0 saturated heterocycles. The number of imidazole rings is 1. The van der Waals surface area contributed by atoms with Crippen molar-refractivity contribution in [1.82, 2.24) is 14.9 Å². The van der Waals surface area contributed by atoms with Crippen LogP contribution in [0.4, 0.5) is 0 Å². The summed E-state index contributed by atoms with van der Waals surface area (Å²) < 4.78 is 1.76. The number of rotatable bonds is 5. The third-order valence-corrected chi connectivity index (χ3v) is 2.01. The molecule has 0 unspecified atom stereocenters. The highest BCUT2D eigenvalue weighted by molar-refractivity contribution is 5.75. The van der Waals surface area contributed by atoms with Gasteiger partial charge in [0.25, 0.3) is 0 Å². The highest BCUT2D eigenvalue weighted by Crippen LogP contribution is 1.96. The molecule has 5 heteroatoms. The summed E-state index contributed by atoms with van der Waals surface area (Å²) in [4.78, 5) is 15.5. The maximum absolute atomic E-state index is 11.5. The van der Waals surface area contributed by atoms with Gasteiger partial charge in [-0.25, -0.2) is 4.98 Å². The Labute approximate surface area is 89.7 Å². The van der Waals surface area contributed by atoms with Crippen LogP contribution in [-0.2, 0) is 17.9 Å². The van der Waals surface area contributed by atoms with Gasteiger partial charge in [-0.3, -0.25) is 4.79 Å². The summed E-state index contributed by atoms with van der Waals surface area (Å²) in [5.41, 5.74) is 5.48. The van der Waals surface area contributed by atoms with E-state index in [-0.39, 0.29) is 5.91 Å². The van der Waals surface area contributed by atoms with E-state index in [0.29, 0.717) is 25.6 Å². The molecule has 0 spiro atoms. The van der Waals surface area contributed by atoms with Gasteiger partial charge in [0.1, 0.15) is 12.4 Å². The van der Waals surface area contributed by atoms with Crippen LogP contribution in [0, 0.1) is 5.92 Å². The molecule has 1 aromatic rings. The summed E-state index contributed by atoms with van der Waals surface area (Å²) in [6, 6.07) is 0. The van der Waals surface area contributed by atoms with Crippen LogP contribution < -0.4 is 11.1 Å². The second-order valence-electron chi connectivity index (χ2n) is 3.87. The van der Waals surface area contributed by atoms with Crippen LogP contribution in [0.3, 0.4) is 0 Å². The molecule has 0 saturated carbocycles. The molecule has 84 valence electrons. The summed E-state index contributed by atoms with van der Waals surface area (Å²) >= 11 is 0. The maximum atomic E-state index is 11.5. The van der Waals surface area contributed by atoms with Gasteiger partial charge in [0, 0.05) is 18.9 Å². The molecular formula is C10H18N4O. The molecule has 1 amide bonds. The van der Waals surface area contributed by atoms with E-state index in [2.05, 4.69) is 24.1 Å². The predicted molar refractivity (Wildman–Crippen MR) is 58.0 cm³/mol. The van der Waals surface area contributed by atoms with E-state index < -0.39 is 0 Å². The van der Waals surface area contributed by atoms with Gasteiger partial charge in [0.2, 0.25) is 5.91 Å². The largest absolute Gasteiger partial charge is 0.354 e. The van der Waals surface area contributed by atoms with E-state index in [9.17, 15) is 4.79 Å². The third kappa shape index (κ3) is 3.71. The molecule has 0 radical (unpaired) electrons. The third-order valence-electron chi connectivity index (χ3n) is 2.01. The van der Waals surface area contributed by atoms with Gasteiger partial charge in [0.15, 0.2) is 0 Å². The first kappa shape index (κ1) is 11.7. The first-order valence-corrected chi connectivity index (χ1v) is 5.10. The molecule has 5 nitrogen and oxygen atoms in total. The number of carbonyl (C=O) groups is 1. The molecule has 0 aliphatic heterocycles. The van der Waals surface area contributed by atoms with Crippen molar-refractivity contribution >= 4 is 5.91 Å². The lowest BCUT2D eigenvalue weighted by Gasteiger charge is -2.09. The summed E-state index contributed by atoms with van der Waals surface area (Å²) in [6.45, 7) is 5.46.